The van der Waals surface area contributed by atoms with E-state index < -0.39 is 6.10 Å². The molecule has 1 aromatic heterocycles. The number of pyridine rings is 1. The van der Waals surface area contributed by atoms with E-state index in [4.69, 9.17) is 0 Å². The van der Waals surface area contributed by atoms with Crippen LogP contribution < -0.4 is 10.6 Å². The highest BCUT2D eigenvalue weighted by Gasteiger charge is 2.15. The Morgan fingerprint density at radius 3 is 2.90 bits per heavy atom. The molecule has 0 aliphatic carbocycles. The lowest BCUT2D eigenvalue weighted by Crippen LogP contribution is -2.43. The maximum atomic E-state index is 11.8. The van der Waals surface area contributed by atoms with Gasteiger partial charge >= 0.3 is 6.03 Å². The van der Waals surface area contributed by atoms with Crippen molar-refractivity contribution in [3.05, 3.63) is 23.9 Å². The molecule has 1 aliphatic heterocycles. The Labute approximate surface area is 125 Å². The molecule has 3 N–H and O–H groups in total. The number of anilines is 1. The summed E-state index contributed by atoms with van der Waals surface area (Å²) in [7, 11) is 0. The third-order valence-corrected chi connectivity index (χ3v) is 3.66. The van der Waals surface area contributed by atoms with Crippen LogP contribution in [0.4, 0.5) is 10.6 Å². The average molecular weight is 292 g/mol. The minimum atomic E-state index is -0.543. The Morgan fingerprint density at radius 1 is 1.43 bits per heavy atom. The molecular formula is C15H24N4O2. The van der Waals surface area contributed by atoms with Crippen molar-refractivity contribution in [2.75, 3.05) is 31.5 Å². The molecule has 116 valence electrons. The lowest BCUT2D eigenvalue weighted by atomic mass is 10.1. The quantitative estimate of drug-likeness (QED) is 0.766. The van der Waals surface area contributed by atoms with Gasteiger partial charge in [-0.1, -0.05) is 12.5 Å². The van der Waals surface area contributed by atoms with Crippen LogP contribution in [0.3, 0.4) is 0 Å². The van der Waals surface area contributed by atoms with E-state index in [2.05, 4.69) is 20.5 Å². The van der Waals surface area contributed by atoms with Crippen LogP contribution >= 0.6 is 0 Å². The number of urea groups is 1. The highest BCUT2D eigenvalue weighted by Crippen LogP contribution is 2.09. The summed E-state index contributed by atoms with van der Waals surface area (Å²) in [5.74, 6) is 0.542. The molecule has 0 radical (unpaired) electrons. The number of hydrogen-bond acceptors (Lipinski definition) is 4. The SMILES string of the molecule is Cc1cccnc1NC(=O)NCC(O)CN1CCCCC1. The number of piperidine rings is 1. The molecule has 1 atom stereocenters. The lowest BCUT2D eigenvalue weighted by Gasteiger charge is -2.28. The number of hydrogen-bond donors (Lipinski definition) is 3. The first kappa shape index (κ1) is 15.7. The molecule has 1 aromatic rings. The zero-order valence-corrected chi connectivity index (χ0v) is 12.5. The van der Waals surface area contributed by atoms with Gasteiger partial charge in [-0.15, -0.1) is 0 Å². The standard InChI is InChI=1S/C15H24N4O2/c1-12-6-5-7-16-14(12)18-15(21)17-10-13(20)11-19-8-3-2-4-9-19/h5-7,13,20H,2-4,8-11H2,1H3,(H2,16,17,18,21). The van der Waals surface area contributed by atoms with Gasteiger partial charge in [0.25, 0.3) is 0 Å². The van der Waals surface area contributed by atoms with Crippen LogP contribution in [0.5, 0.6) is 0 Å². The molecule has 0 spiro atoms. The first-order chi connectivity index (χ1) is 10.1. The Kier molecular flexibility index (Phi) is 5.95. The van der Waals surface area contributed by atoms with E-state index in [0.717, 1.165) is 18.7 Å². The van der Waals surface area contributed by atoms with Crippen molar-refractivity contribution in [1.82, 2.24) is 15.2 Å². The van der Waals surface area contributed by atoms with Crippen LogP contribution in [0.1, 0.15) is 24.8 Å². The number of nitrogens with one attached hydrogen (secondary N) is 2. The predicted octanol–water partition coefficient (Wildman–Crippen LogP) is 1.36. The molecule has 6 heteroatoms. The average Bonchev–Trinajstić information content (AvgIpc) is 2.49. The summed E-state index contributed by atoms with van der Waals surface area (Å²) >= 11 is 0. The number of likely N-dealkylation sites (tertiary alicyclic amines) is 1. The fourth-order valence-electron chi connectivity index (χ4n) is 2.48. The number of β-amino-alcohol motifs (C(OH)–C–C–N with tert-alkyl or cyclic N) is 1. The van der Waals surface area contributed by atoms with Crippen molar-refractivity contribution in [2.45, 2.75) is 32.3 Å². The lowest BCUT2D eigenvalue weighted by molar-refractivity contribution is 0.102. The fraction of sp³-hybridized carbons (Fsp3) is 0.600. The Bertz CT molecular complexity index is 461. The number of aromatic nitrogens is 1. The molecule has 0 aromatic carbocycles. The number of carbonyl (C=O) groups excluding carboxylic acids is 1. The van der Waals surface area contributed by atoms with Gasteiger partial charge < -0.3 is 15.3 Å². The van der Waals surface area contributed by atoms with Crippen molar-refractivity contribution in [3.63, 3.8) is 0 Å². The van der Waals surface area contributed by atoms with Gasteiger partial charge in [0.1, 0.15) is 5.82 Å². The van der Waals surface area contributed by atoms with Gasteiger partial charge in [0.15, 0.2) is 0 Å². The number of aryl methyl sites for hydroxylation is 1. The third-order valence-electron chi connectivity index (χ3n) is 3.66. The molecule has 2 heterocycles. The summed E-state index contributed by atoms with van der Waals surface area (Å²) in [5, 5.41) is 15.3. The van der Waals surface area contributed by atoms with E-state index in [1.54, 1.807) is 6.20 Å². The van der Waals surface area contributed by atoms with Crippen molar-refractivity contribution >= 4 is 11.8 Å². The van der Waals surface area contributed by atoms with Gasteiger partial charge in [-0.3, -0.25) is 5.32 Å². The van der Waals surface area contributed by atoms with Crippen molar-refractivity contribution in [1.29, 1.82) is 0 Å². The zero-order valence-electron chi connectivity index (χ0n) is 12.5. The Balaban J connectivity index is 1.69. The van der Waals surface area contributed by atoms with Crippen LogP contribution in [0, 0.1) is 6.92 Å². The number of rotatable bonds is 5. The molecule has 2 amide bonds. The number of aliphatic hydroxyl groups is 1. The molecule has 21 heavy (non-hydrogen) atoms. The second-order valence-corrected chi connectivity index (χ2v) is 5.52. The molecule has 1 unspecified atom stereocenters. The molecule has 0 bridgehead atoms. The monoisotopic (exact) mass is 292 g/mol. The summed E-state index contributed by atoms with van der Waals surface area (Å²) in [6.45, 7) is 4.82. The summed E-state index contributed by atoms with van der Waals surface area (Å²) in [6.07, 6.45) is 4.75. The number of amides is 2. The normalized spacial score (nSPS) is 17.2. The third kappa shape index (κ3) is 5.32. The van der Waals surface area contributed by atoms with Crippen LogP contribution in [-0.4, -0.2) is 53.3 Å². The second-order valence-electron chi connectivity index (χ2n) is 5.52. The van der Waals surface area contributed by atoms with Gasteiger partial charge in [-0.2, -0.15) is 0 Å². The van der Waals surface area contributed by atoms with E-state index in [0.29, 0.717) is 12.4 Å². The topological polar surface area (TPSA) is 77.5 Å². The number of nitrogens with zero attached hydrogens (tertiary/aromatic N) is 2. The van der Waals surface area contributed by atoms with Crippen LogP contribution in [0.2, 0.25) is 0 Å². The summed E-state index contributed by atoms with van der Waals surface area (Å²) < 4.78 is 0. The maximum absolute atomic E-state index is 11.8. The molecule has 1 aliphatic rings. The number of carbonyl (C=O) groups is 1. The van der Waals surface area contributed by atoms with E-state index in [1.807, 2.05) is 19.1 Å². The van der Waals surface area contributed by atoms with E-state index in [1.165, 1.54) is 19.3 Å². The first-order valence-corrected chi connectivity index (χ1v) is 7.52. The molecule has 0 saturated carbocycles. The van der Waals surface area contributed by atoms with Gasteiger partial charge in [0.2, 0.25) is 0 Å². The molecule has 2 rings (SSSR count). The Hall–Kier alpha value is -1.66. The second kappa shape index (κ2) is 7.95. The van der Waals surface area contributed by atoms with Crippen LogP contribution in [0.25, 0.3) is 0 Å². The Morgan fingerprint density at radius 2 is 2.19 bits per heavy atom. The van der Waals surface area contributed by atoms with E-state index in [-0.39, 0.29) is 12.6 Å². The molecule has 1 fully saturated rings. The minimum Gasteiger partial charge on any atom is -0.390 e. The van der Waals surface area contributed by atoms with Crippen molar-refractivity contribution in [2.24, 2.45) is 0 Å². The largest absolute Gasteiger partial charge is 0.390 e. The highest BCUT2D eigenvalue weighted by molar-refractivity contribution is 5.88. The molecule has 1 saturated heterocycles. The van der Waals surface area contributed by atoms with Crippen LogP contribution in [-0.2, 0) is 0 Å². The van der Waals surface area contributed by atoms with Gasteiger partial charge in [0, 0.05) is 19.3 Å². The fourth-order valence-corrected chi connectivity index (χ4v) is 2.48. The van der Waals surface area contributed by atoms with Crippen molar-refractivity contribution in [3.8, 4) is 0 Å². The molecule has 6 nitrogen and oxygen atoms in total. The minimum absolute atomic E-state index is 0.244. The van der Waals surface area contributed by atoms with Gasteiger partial charge in [0.05, 0.1) is 6.10 Å². The number of aliphatic hydroxyl groups excluding tert-OH is 1. The first-order valence-electron chi connectivity index (χ1n) is 7.52. The highest BCUT2D eigenvalue weighted by atomic mass is 16.3. The predicted molar refractivity (Wildman–Crippen MR) is 82.3 cm³/mol. The van der Waals surface area contributed by atoms with E-state index in [9.17, 15) is 9.90 Å². The van der Waals surface area contributed by atoms with Gasteiger partial charge in [-0.25, -0.2) is 9.78 Å². The summed E-state index contributed by atoms with van der Waals surface area (Å²) in [5.41, 5.74) is 0.904. The van der Waals surface area contributed by atoms with Gasteiger partial charge in [-0.05, 0) is 44.5 Å². The zero-order chi connectivity index (χ0) is 15.1. The maximum Gasteiger partial charge on any atom is 0.320 e. The summed E-state index contributed by atoms with van der Waals surface area (Å²) in [6, 6.07) is 3.36. The van der Waals surface area contributed by atoms with E-state index >= 15 is 0 Å². The molecular weight excluding hydrogens is 268 g/mol. The van der Waals surface area contributed by atoms with Crippen molar-refractivity contribution < 1.29 is 9.90 Å². The smallest absolute Gasteiger partial charge is 0.320 e. The van der Waals surface area contributed by atoms with Crippen LogP contribution in [0.15, 0.2) is 18.3 Å². The summed E-state index contributed by atoms with van der Waals surface area (Å²) in [4.78, 5) is 18.1.